The van der Waals surface area contributed by atoms with Gasteiger partial charge in [0.25, 0.3) is 5.91 Å². The third kappa shape index (κ3) is 5.38. The Balaban J connectivity index is 1.58. The Bertz CT molecular complexity index is 1400. The minimum Gasteiger partial charge on any atom is -0.493 e. The van der Waals surface area contributed by atoms with E-state index in [9.17, 15) is 9.59 Å². The largest absolute Gasteiger partial charge is 0.493 e. The van der Waals surface area contributed by atoms with Crippen LogP contribution in [0.15, 0.2) is 72.8 Å². The number of carbonyl (C=O) groups excluding carboxylic acids is 2. The van der Waals surface area contributed by atoms with Crippen LogP contribution < -0.4 is 19.5 Å². The molecule has 0 unspecified atom stereocenters. The number of methoxy groups -OCH3 is 2. The van der Waals surface area contributed by atoms with E-state index in [1.165, 1.54) is 0 Å². The van der Waals surface area contributed by atoms with Gasteiger partial charge in [0.2, 0.25) is 0 Å². The Morgan fingerprint density at radius 3 is 2.39 bits per heavy atom. The van der Waals surface area contributed by atoms with Crippen molar-refractivity contribution in [1.82, 2.24) is 4.98 Å². The molecule has 4 aromatic rings. The molecule has 0 fully saturated rings. The molecule has 0 saturated carbocycles. The number of esters is 1. The van der Waals surface area contributed by atoms with E-state index in [2.05, 4.69) is 5.32 Å². The summed E-state index contributed by atoms with van der Waals surface area (Å²) < 4.78 is 21.6. The standard InChI is InChI=1S/C28H26N2O6/c1-4-35-24-12-8-7-11-22(24)30-27(31)17-36-28(32)20-16-23(29-21-10-6-5-9-19(20)21)18-13-14-25(33-2)26(15-18)34-3/h5-16H,4,17H2,1-3H3,(H,30,31). The topological polar surface area (TPSA) is 96.0 Å². The highest BCUT2D eigenvalue weighted by atomic mass is 16.5. The summed E-state index contributed by atoms with van der Waals surface area (Å²) in [6, 6.07) is 21.4. The van der Waals surface area contributed by atoms with Gasteiger partial charge in [-0.2, -0.15) is 0 Å². The molecule has 184 valence electrons. The fraction of sp³-hybridized carbons (Fsp3) is 0.179. The monoisotopic (exact) mass is 486 g/mol. The molecule has 0 spiro atoms. The molecule has 4 rings (SSSR count). The molecule has 0 saturated heterocycles. The normalized spacial score (nSPS) is 10.5. The average Bonchev–Trinajstić information content (AvgIpc) is 2.91. The molecule has 8 nitrogen and oxygen atoms in total. The van der Waals surface area contributed by atoms with Crippen LogP contribution in [0.2, 0.25) is 0 Å². The van der Waals surface area contributed by atoms with Crippen molar-refractivity contribution in [2.75, 3.05) is 32.8 Å². The summed E-state index contributed by atoms with van der Waals surface area (Å²) in [5.74, 6) is 0.550. The smallest absolute Gasteiger partial charge is 0.339 e. The van der Waals surface area contributed by atoms with Crippen LogP contribution in [0.25, 0.3) is 22.2 Å². The van der Waals surface area contributed by atoms with Crippen LogP contribution in [-0.2, 0) is 9.53 Å². The number of carbonyl (C=O) groups is 2. The Labute approximate surface area is 208 Å². The highest BCUT2D eigenvalue weighted by molar-refractivity contribution is 6.05. The summed E-state index contributed by atoms with van der Waals surface area (Å²) in [5.41, 5.74) is 2.71. The minimum atomic E-state index is -0.636. The Hall–Kier alpha value is -4.59. The number of hydrogen-bond acceptors (Lipinski definition) is 7. The first-order valence-electron chi connectivity index (χ1n) is 11.3. The van der Waals surface area contributed by atoms with Crippen molar-refractivity contribution in [3.8, 4) is 28.5 Å². The molecule has 0 atom stereocenters. The Morgan fingerprint density at radius 2 is 1.61 bits per heavy atom. The van der Waals surface area contributed by atoms with Gasteiger partial charge in [0.15, 0.2) is 18.1 Å². The lowest BCUT2D eigenvalue weighted by molar-refractivity contribution is -0.119. The van der Waals surface area contributed by atoms with E-state index in [1.807, 2.05) is 37.3 Å². The molecular weight excluding hydrogens is 460 g/mol. The number of hydrogen-bond donors (Lipinski definition) is 1. The number of anilines is 1. The molecule has 1 N–H and O–H groups in total. The molecule has 0 aliphatic carbocycles. The first-order chi connectivity index (χ1) is 17.5. The van der Waals surface area contributed by atoms with Gasteiger partial charge in [-0.1, -0.05) is 30.3 Å². The highest BCUT2D eigenvalue weighted by Gasteiger charge is 2.18. The second kappa shape index (κ2) is 11.2. The summed E-state index contributed by atoms with van der Waals surface area (Å²) >= 11 is 0. The summed E-state index contributed by atoms with van der Waals surface area (Å²) in [5, 5.41) is 3.34. The van der Waals surface area contributed by atoms with Gasteiger partial charge in [0.1, 0.15) is 5.75 Å². The maximum absolute atomic E-state index is 13.1. The zero-order valence-corrected chi connectivity index (χ0v) is 20.2. The number of fused-ring (bicyclic) bond motifs is 1. The number of pyridine rings is 1. The molecular formula is C28H26N2O6. The van der Waals surface area contributed by atoms with E-state index in [4.69, 9.17) is 23.9 Å². The second-order valence-electron chi connectivity index (χ2n) is 7.70. The van der Waals surface area contributed by atoms with Crippen LogP contribution in [0.4, 0.5) is 5.69 Å². The van der Waals surface area contributed by atoms with Crippen molar-refractivity contribution in [3.05, 3.63) is 78.4 Å². The number of nitrogens with zero attached hydrogens (tertiary/aromatic N) is 1. The zero-order chi connectivity index (χ0) is 25.5. The van der Waals surface area contributed by atoms with Crippen molar-refractivity contribution in [1.29, 1.82) is 0 Å². The van der Waals surface area contributed by atoms with E-state index in [0.29, 0.717) is 51.7 Å². The van der Waals surface area contributed by atoms with E-state index >= 15 is 0 Å². The van der Waals surface area contributed by atoms with Crippen molar-refractivity contribution in [2.45, 2.75) is 6.92 Å². The third-order valence-electron chi connectivity index (χ3n) is 5.41. The molecule has 1 heterocycles. The molecule has 1 aromatic heterocycles. The molecule has 0 bridgehead atoms. The third-order valence-corrected chi connectivity index (χ3v) is 5.41. The van der Waals surface area contributed by atoms with Crippen LogP contribution in [-0.4, -0.2) is 44.3 Å². The Morgan fingerprint density at radius 1 is 0.861 bits per heavy atom. The molecule has 0 radical (unpaired) electrons. The first-order valence-corrected chi connectivity index (χ1v) is 11.3. The van der Waals surface area contributed by atoms with Gasteiger partial charge in [-0.15, -0.1) is 0 Å². The predicted octanol–water partition coefficient (Wildman–Crippen LogP) is 5.11. The summed E-state index contributed by atoms with van der Waals surface area (Å²) in [7, 11) is 3.11. The van der Waals surface area contributed by atoms with Crippen molar-refractivity contribution in [2.24, 2.45) is 0 Å². The van der Waals surface area contributed by atoms with Gasteiger partial charge in [0, 0.05) is 10.9 Å². The fourth-order valence-corrected chi connectivity index (χ4v) is 3.73. The zero-order valence-electron chi connectivity index (χ0n) is 20.2. The quantitative estimate of drug-likeness (QED) is 0.328. The van der Waals surface area contributed by atoms with E-state index in [-0.39, 0.29) is 0 Å². The van der Waals surface area contributed by atoms with Crippen molar-refractivity contribution < 1.29 is 28.5 Å². The highest BCUT2D eigenvalue weighted by Crippen LogP contribution is 2.33. The second-order valence-corrected chi connectivity index (χ2v) is 7.70. The van der Waals surface area contributed by atoms with Crippen LogP contribution >= 0.6 is 0 Å². The van der Waals surface area contributed by atoms with Crippen LogP contribution in [0.5, 0.6) is 17.2 Å². The van der Waals surface area contributed by atoms with Gasteiger partial charge in [-0.25, -0.2) is 9.78 Å². The van der Waals surface area contributed by atoms with E-state index in [1.54, 1.807) is 56.7 Å². The summed E-state index contributed by atoms with van der Waals surface area (Å²) in [6.07, 6.45) is 0. The lowest BCUT2D eigenvalue weighted by atomic mass is 10.0. The van der Waals surface area contributed by atoms with Crippen molar-refractivity contribution in [3.63, 3.8) is 0 Å². The van der Waals surface area contributed by atoms with Crippen molar-refractivity contribution >= 4 is 28.5 Å². The van der Waals surface area contributed by atoms with Gasteiger partial charge in [-0.05, 0) is 49.4 Å². The average molecular weight is 487 g/mol. The van der Waals surface area contributed by atoms with E-state index in [0.717, 1.165) is 5.56 Å². The minimum absolute atomic E-state index is 0.299. The van der Waals surface area contributed by atoms with Gasteiger partial charge < -0.3 is 24.3 Å². The number of ether oxygens (including phenoxy) is 4. The molecule has 3 aromatic carbocycles. The number of nitrogens with one attached hydrogen (secondary N) is 1. The SMILES string of the molecule is CCOc1ccccc1NC(=O)COC(=O)c1cc(-c2ccc(OC)c(OC)c2)nc2ccccc12. The van der Waals surface area contributed by atoms with Crippen LogP contribution in [0.1, 0.15) is 17.3 Å². The van der Waals surface area contributed by atoms with Gasteiger partial charge in [0.05, 0.1) is 43.3 Å². The maximum atomic E-state index is 13.1. The summed E-state index contributed by atoms with van der Waals surface area (Å²) in [4.78, 5) is 30.3. The lowest BCUT2D eigenvalue weighted by Crippen LogP contribution is -2.21. The van der Waals surface area contributed by atoms with Crippen LogP contribution in [0, 0.1) is 0 Å². The molecule has 8 heteroatoms. The summed E-state index contributed by atoms with van der Waals surface area (Å²) in [6.45, 7) is 1.86. The number of aromatic nitrogens is 1. The Kier molecular flexibility index (Phi) is 7.65. The van der Waals surface area contributed by atoms with Gasteiger partial charge in [-0.3, -0.25) is 4.79 Å². The van der Waals surface area contributed by atoms with Gasteiger partial charge >= 0.3 is 5.97 Å². The number of rotatable bonds is 9. The van der Waals surface area contributed by atoms with E-state index < -0.39 is 18.5 Å². The number of para-hydroxylation sites is 3. The maximum Gasteiger partial charge on any atom is 0.339 e. The molecule has 1 amide bonds. The van der Waals surface area contributed by atoms with Crippen LogP contribution in [0.3, 0.4) is 0 Å². The number of amides is 1. The lowest BCUT2D eigenvalue weighted by Gasteiger charge is -2.13. The fourth-order valence-electron chi connectivity index (χ4n) is 3.73. The molecule has 0 aliphatic rings. The molecule has 0 aliphatic heterocycles. The first kappa shape index (κ1) is 24.5. The number of benzene rings is 3. The molecule has 36 heavy (non-hydrogen) atoms. The predicted molar refractivity (Wildman–Crippen MR) is 137 cm³/mol.